The molecule has 0 saturated carbocycles. The van der Waals surface area contributed by atoms with Crippen molar-refractivity contribution in [2.75, 3.05) is 26.3 Å². The average molecular weight is 581 g/mol. The number of carbonyl (C=O) groups excluding carboxylic acids is 2. The minimum atomic E-state index is -0.680. The highest BCUT2D eigenvalue weighted by molar-refractivity contribution is 5.68. The van der Waals surface area contributed by atoms with Crippen molar-refractivity contribution in [3.8, 4) is 11.5 Å². The van der Waals surface area contributed by atoms with Crippen molar-refractivity contribution in [3.63, 3.8) is 0 Å². The number of aliphatic hydroxyl groups is 1. The Morgan fingerprint density at radius 3 is 1.54 bits per heavy atom. The van der Waals surface area contributed by atoms with Gasteiger partial charge in [-0.2, -0.15) is 0 Å². The Bertz CT molecular complexity index is 1070. The van der Waals surface area contributed by atoms with Gasteiger partial charge in [0.25, 0.3) is 0 Å². The van der Waals surface area contributed by atoms with Crippen LogP contribution in [-0.4, -0.2) is 59.9 Å². The Labute approximate surface area is 240 Å². The second kappa shape index (κ2) is 19.9. The molecule has 0 heterocycles. The van der Waals surface area contributed by atoms with E-state index < -0.39 is 41.6 Å². The van der Waals surface area contributed by atoms with E-state index in [-0.39, 0.29) is 19.7 Å². The summed E-state index contributed by atoms with van der Waals surface area (Å²) in [6.07, 6.45) is 1.13. The first-order chi connectivity index (χ1) is 19.1. The third kappa shape index (κ3) is 24.6. The van der Waals surface area contributed by atoms with E-state index in [2.05, 4.69) is 10.6 Å². The molecule has 228 valence electrons. The van der Waals surface area contributed by atoms with Gasteiger partial charge in [-0.15, -0.1) is 0 Å². The van der Waals surface area contributed by atoms with Gasteiger partial charge in [-0.1, -0.05) is 36.4 Å². The Balaban J connectivity index is 0.000000656. The van der Waals surface area contributed by atoms with Crippen LogP contribution in [0.4, 0.5) is 18.4 Å². The molecule has 0 aliphatic heterocycles. The number of hydrogen-bond acceptors (Lipinski definition) is 7. The van der Waals surface area contributed by atoms with Gasteiger partial charge in [-0.05, 0) is 78.0 Å². The molecule has 9 nitrogen and oxygen atoms in total. The van der Waals surface area contributed by atoms with Crippen molar-refractivity contribution in [2.45, 2.75) is 52.7 Å². The number of para-hydroxylation sites is 2. The topological polar surface area (TPSA) is 126 Å². The van der Waals surface area contributed by atoms with Crippen LogP contribution in [0.15, 0.2) is 84.5 Å². The van der Waals surface area contributed by atoms with Crippen LogP contribution in [0, 0.1) is 0 Å². The zero-order chi connectivity index (χ0) is 31.3. The zero-order valence-electron chi connectivity index (χ0n) is 24.4. The molecule has 2 rings (SSSR count). The average Bonchev–Trinajstić information content (AvgIpc) is 2.87. The molecule has 0 aliphatic rings. The van der Waals surface area contributed by atoms with Gasteiger partial charge < -0.3 is 35.1 Å². The lowest BCUT2D eigenvalue weighted by Gasteiger charge is -2.19. The van der Waals surface area contributed by atoms with Gasteiger partial charge >= 0.3 is 12.2 Å². The molecule has 4 N–H and O–H groups in total. The molecule has 2 amide bonds. The predicted octanol–water partition coefficient (Wildman–Crippen LogP) is 6.19. The fourth-order valence-corrected chi connectivity index (χ4v) is 2.34. The molecular formula is C30H42F2N2O7. The molecule has 0 bridgehead atoms. The molecule has 0 fully saturated rings. The Morgan fingerprint density at radius 1 is 0.756 bits per heavy atom. The van der Waals surface area contributed by atoms with E-state index in [9.17, 15) is 18.4 Å². The van der Waals surface area contributed by atoms with E-state index >= 15 is 0 Å². The van der Waals surface area contributed by atoms with Crippen LogP contribution in [0.25, 0.3) is 0 Å². The van der Waals surface area contributed by atoms with Crippen LogP contribution in [0.5, 0.6) is 11.5 Å². The van der Waals surface area contributed by atoms with Crippen molar-refractivity contribution < 1.29 is 42.8 Å². The molecule has 2 aromatic rings. The number of amides is 2. The van der Waals surface area contributed by atoms with Crippen LogP contribution in [0.3, 0.4) is 0 Å². The number of rotatable bonds is 8. The molecule has 0 aliphatic carbocycles. The molecule has 11 heteroatoms. The number of phenolic OH excluding ortho intramolecular Hbond substituents is 1. The highest BCUT2D eigenvalue weighted by Gasteiger charge is 2.16. The second-order valence-corrected chi connectivity index (χ2v) is 10.2. The third-order valence-corrected chi connectivity index (χ3v) is 3.96. The molecule has 0 spiro atoms. The molecule has 0 atom stereocenters. The SMILES string of the molecule is CC(C)(C)OC(=O)NC/C=C(/F)CO.CC(C)(C)OC(=O)NC/C=C(/F)COc1ccccc1.Oc1ccccc1. The Hall–Kier alpha value is -4.12. The number of benzene rings is 2. The van der Waals surface area contributed by atoms with E-state index in [0.717, 1.165) is 6.08 Å². The summed E-state index contributed by atoms with van der Waals surface area (Å²) in [6, 6.07) is 17.7. The lowest BCUT2D eigenvalue weighted by Crippen LogP contribution is -2.32. The van der Waals surface area contributed by atoms with Gasteiger partial charge in [0.2, 0.25) is 0 Å². The van der Waals surface area contributed by atoms with Gasteiger partial charge in [-0.3, -0.25) is 0 Å². The van der Waals surface area contributed by atoms with Crippen molar-refractivity contribution in [3.05, 3.63) is 84.5 Å². The molecule has 0 unspecified atom stereocenters. The van der Waals surface area contributed by atoms with Gasteiger partial charge in [-0.25, -0.2) is 18.4 Å². The van der Waals surface area contributed by atoms with Crippen LogP contribution < -0.4 is 15.4 Å². The second-order valence-electron chi connectivity index (χ2n) is 10.2. The van der Waals surface area contributed by atoms with Gasteiger partial charge in [0.15, 0.2) is 0 Å². The number of halogens is 2. The van der Waals surface area contributed by atoms with E-state index in [0.29, 0.717) is 11.5 Å². The minimum absolute atomic E-state index is 0.00130. The van der Waals surface area contributed by atoms with E-state index in [1.807, 2.05) is 12.1 Å². The van der Waals surface area contributed by atoms with Gasteiger partial charge in [0.1, 0.15) is 41.0 Å². The number of alkyl carbamates (subject to hydrolysis) is 2. The van der Waals surface area contributed by atoms with Crippen LogP contribution >= 0.6 is 0 Å². The Kier molecular flexibility index (Phi) is 17.9. The van der Waals surface area contributed by atoms with Crippen molar-refractivity contribution in [1.29, 1.82) is 0 Å². The lowest BCUT2D eigenvalue weighted by atomic mass is 10.2. The molecule has 0 aromatic heterocycles. The number of nitrogens with one attached hydrogen (secondary N) is 2. The summed E-state index contributed by atoms with van der Waals surface area (Å²) in [6.45, 7) is 9.71. The summed E-state index contributed by atoms with van der Waals surface area (Å²) >= 11 is 0. The Morgan fingerprint density at radius 2 is 1.17 bits per heavy atom. The summed E-state index contributed by atoms with van der Waals surface area (Å²) in [5.41, 5.74) is -1.13. The summed E-state index contributed by atoms with van der Waals surface area (Å²) < 4.78 is 40.9. The smallest absolute Gasteiger partial charge is 0.407 e. The predicted molar refractivity (Wildman–Crippen MR) is 154 cm³/mol. The number of aliphatic hydroxyl groups excluding tert-OH is 1. The maximum atomic E-state index is 13.4. The zero-order valence-corrected chi connectivity index (χ0v) is 24.4. The number of aromatic hydroxyl groups is 1. The summed E-state index contributed by atoms with van der Waals surface area (Å²) in [5, 5.41) is 21.7. The van der Waals surface area contributed by atoms with E-state index in [4.69, 9.17) is 24.4 Å². The number of hydrogen-bond donors (Lipinski definition) is 4. The first-order valence-electron chi connectivity index (χ1n) is 12.8. The normalized spacial score (nSPS) is 11.5. The van der Waals surface area contributed by atoms with Crippen molar-refractivity contribution in [2.24, 2.45) is 0 Å². The van der Waals surface area contributed by atoms with Gasteiger partial charge in [0, 0.05) is 13.1 Å². The molecule has 0 saturated heterocycles. The third-order valence-electron chi connectivity index (χ3n) is 3.96. The van der Waals surface area contributed by atoms with Crippen molar-refractivity contribution in [1.82, 2.24) is 10.6 Å². The minimum Gasteiger partial charge on any atom is -0.508 e. The molecule has 2 aromatic carbocycles. The highest BCUT2D eigenvalue weighted by Crippen LogP contribution is 2.10. The largest absolute Gasteiger partial charge is 0.508 e. The van der Waals surface area contributed by atoms with Crippen LogP contribution in [-0.2, 0) is 9.47 Å². The monoisotopic (exact) mass is 580 g/mol. The molecule has 0 radical (unpaired) electrons. The lowest BCUT2D eigenvalue weighted by molar-refractivity contribution is 0.0522. The molecule has 41 heavy (non-hydrogen) atoms. The highest BCUT2D eigenvalue weighted by atomic mass is 19.1. The fraction of sp³-hybridized carbons (Fsp3) is 0.400. The summed E-state index contributed by atoms with van der Waals surface area (Å²) in [4.78, 5) is 22.3. The van der Waals surface area contributed by atoms with Crippen LogP contribution in [0.1, 0.15) is 41.5 Å². The van der Waals surface area contributed by atoms with Crippen LogP contribution in [0.2, 0.25) is 0 Å². The molecular weight excluding hydrogens is 538 g/mol. The van der Waals surface area contributed by atoms with Crippen molar-refractivity contribution >= 4 is 12.2 Å². The summed E-state index contributed by atoms with van der Waals surface area (Å²) in [7, 11) is 0. The van der Waals surface area contributed by atoms with Gasteiger partial charge in [0.05, 0.1) is 6.61 Å². The number of carbonyl (C=O) groups is 2. The maximum absolute atomic E-state index is 13.4. The van der Waals surface area contributed by atoms with E-state index in [1.54, 1.807) is 90.1 Å². The maximum Gasteiger partial charge on any atom is 0.407 e. The fourth-order valence-electron chi connectivity index (χ4n) is 2.34. The standard InChI is InChI=1S/C15H20FNO3.C9H16FNO3.C6H6O/c1-15(2,3)20-14(18)17-10-9-12(16)11-19-13-7-5-4-6-8-13;1-9(2,3)14-8(13)11-5-4-7(10)6-12;7-6-4-2-1-3-5-6/h4-9H,10-11H2,1-3H3,(H,17,18);4,12H,5-6H2,1-3H3,(H,11,13);1-5,7H/b12-9+;7-4+;. The summed E-state index contributed by atoms with van der Waals surface area (Å²) in [5.74, 6) is -0.218. The quantitative estimate of drug-likeness (QED) is 0.293. The first-order valence-corrected chi connectivity index (χ1v) is 12.8. The van der Waals surface area contributed by atoms with E-state index in [1.165, 1.54) is 6.08 Å². The number of phenols is 1. The first kappa shape index (κ1) is 36.9. The number of ether oxygens (including phenoxy) is 3.